The number of halogens is 1. The number of hydrogen-bond acceptors (Lipinski definition) is 6. The Kier molecular flexibility index (Phi) is 6.33. The molecule has 9 heteroatoms. The maximum Gasteiger partial charge on any atom is 0.263 e. The highest BCUT2D eigenvalue weighted by molar-refractivity contribution is 6.30. The normalized spacial score (nSPS) is 11.2. The number of anilines is 1. The standard InChI is InChI=1S/C20H23ClN6O2/c1-14-25-17(13-18(26-14)27-12-4-9-24-27)22-10-11-23-19(28)20(2,3)29-16-7-5-15(21)6-8-16/h4-9,12-13H,10-11H2,1-3H3,(H,23,28)(H,22,25,26). The van der Waals surface area contributed by atoms with Crippen LogP contribution in [-0.2, 0) is 4.79 Å². The Balaban J connectivity index is 1.51. The topological polar surface area (TPSA) is 94.0 Å². The first kappa shape index (κ1) is 20.6. The summed E-state index contributed by atoms with van der Waals surface area (Å²) in [6.07, 6.45) is 3.50. The highest BCUT2D eigenvalue weighted by Crippen LogP contribution is 2.21. The van der Waals surface area contributed by atoms with Crippen LogP contribution >= 0.6 is 11.6 Å². The van der Waals surface area contributed by atoms with Crippen molar-refractivity contribution in [2.75, 3.05) is 18.4 Å². The van der Waals surface area contributed by atoms with Gasteiger partial charge in [0.15, 0.2) is 11.4 Å². The molecule has 0 saturated carbocycles. The van der Waals surface area contributed by atoms with Crippen molar-refractivity contribution in [2.45, 2.75) is 26.4 Å². The molecular weight excluding hydrogens is 392 g/mol. The lowest BCUT2D eigenvalue weighted by Gasteiger charge is -2.25. The van der Waals surface area contributed by atoms with Crippen molar-refractivity contribution in [3.8, 4) is 11.6 Å². The van der Waals surface area contributed by atoms with Gasteiger partial charge in [-0.2, -0.15) is 5.10 Å². The minimum absolute atomic E-state index is 0.217. The van der Waals surface area contributed by atoms with Gasteiger partial charge in [-0.15, -0.1) is 0 Å². The van der Waals surface area contributed by atoms with Crippen molar-refractivity contribution < 1.29 is 9.53 Å². The van der Waals surface area contributed by atoms with Gasteiger partial charge >= 0.3 is 0 Å². The van der Waals surface area contributed by atoms with Crippen molar-refractivity contribution in [1.82, 2.24) is 25.1 Å². The highest BCUT2D eigenvalue weighted by Gasteiger charge is 2.29. The second kappa shape index (κ2) is 8.91. The van der Waals surface area contributed by atoms with E-state index in [1.165, 1.54) is 0 Å². The summed E-state index contributed by atoms with van der Waals surface area (Å²) >= 11 is 5.87. The number of aryl methyl sites for hydroxylation is 1. The van der Waals surface area contributed by atoms with E-state index in [9.17, 15) is 4.79 Å². The van der Waals surface area contributed by atoms with Gasteiger partial charge < -0.3 is 15.4 Å². The number of benzene rings is 1. The molecule has 0 aliphatic carbocycles. The van der Waals surface area contributed by atoms with Crippen molar-refractivity contribution in [3.63, 3.8) is 0 Å². The van der Waals surface area contributed by atoms with Gasteiger partial charge in [-0.05, 0) is 51.1 Å². The van der Waals surface area contributed by atoms with Crippen molar-refractivity contribution in [3.05, 3.63) is 59.6 Å². The molecule has 3 aromatic rings. The molecule has 0 bridgehead atoms. The van der Waals surface area contributed by atoms with Gasteiger partial charge in [0.05, 0.1) is 0 Å². The lowest BCUT2D eigenvalue weighted by Crippen LogP contribution is -2.47. The van der Waals surface area contributed by atoms with Crippen LogP contribution < -0.4 is 15.4 Å². The summed E-state index contributed by atoms with van der Waals surface area (Å²) in [5, 5.41) is 10.8. The molecule has 0 fully saturated rings. The van der Waals surface area contributed by atoms with Gasteiger partial charge in [0, 0.05) is 36.6 Å². The molecule has 3 rings (SSSR count). The van der Waals surface area contributed by atoms with E-state index in [1.807, 2.05) is 19.2 Å². The molecule has 2 N–H and O–H groups in total. The van der Waals surface area contributed by atoms with Gasteiger partial charge in [-0.25, -0.2) is 14.6 Å². The molecule has 0 spiro atoms. The number of nitrogens with one attached hydrogen (secondary N) is 2. The smallest absolute Gasteiger partial charge is 0.263 e. The zero-order valence-electron chi connectivity index (χ0n) is 16.5. The fraction of sp³-hybridized carbons (Fsp3) is 0.300. The van der Waals surface area contributed by atoms with E-state index in [-0.39, 0.29) is 5.91 Å². The highest BCUT2D eigenvalue weighted by atomic mass is 35.5. The van der Waals surface area contributed by atoms with Gasteiger partial charge in [-0.1, -0.05) is 11.6 Å². The minimum Gasteiger partial charge on any atom is -0.478 e. The second-order valence-electron chi connectivity index (χ2n) is 6.86. The number of hydrogen-bond donors (Lipinski definition) is 2. The molecular formula is C20H23ClN6O2. The minimum atomic E-state index is -1.02. The quantitative estimate of drug-likeness (QED) is 0.550. The van der Waals surface area contributed by atoms with Crippen LogP contribution in [0.4, 0.5) is 5.82 Å². The Morgan fingerprint density at radius 3 is 2.66 bits per heavy atom. The molecule has 0 saturated heterocycles. The van der Waals surface area contributed by atoms with E-state index in [4.69, 9.17) is 16.3 Å². The fourth-order valence-corrected chi connectivity index (χ4v) is 2.71. The van der Waals surface area contributed by atoms with Crippen LogP contribution in [0.5, 0.6) is 5.75 Å². The average Bonchev–Trinajstić information content (AvgIpc) is 3.21. The van der Waals surface area contributed by atoms with Crippen LogP contribution in [0.1, 0.15) is 19.7 Å². The SMILES string of the molecule is Cc1nc(NCCNC(=O)C(C)(C)Oc2ccc(Cl)cc2)cc(-n2cccn2)n1. The number of aromatic nitrogens is 4. The first-order valence-corrected chi connectivity index (χ1v) is 9.54. The van der Waals surface area contributed by atoms with Crippen LogP contribution in [-0.4, -0.2) is 44.3 Å². The summed E-state index contributed by atoms with van der Waals surface area (Å²) in [5.41, 5.74) is -1.02. The third-order valence-electron chi connectivity index (χ3n) is 4.01. The number of amides is 1. The molecule has 8 nitrogen and oxygen atoms in total. The summed E-state index contributed by atoms with van der Waals surface area (Å²) in [6, 6.07) is 10.5. The molecule has 2 heterocycles. The summed E-state index contributed by atoms with van der Waals surface area (Å²) in [5.74, 6) is 2.32. The van der Waals surface area contributed by atoms with Crippen molar-refractivity contribution in [2.24, 2.45) is 0 Å². The molecule has 1 amide bonds. The first-order valence-electron chi connectivity index (χ1n) is 9.16. The Hall–Kier alpha value is -3.13. The van der Waals surface area contributed by atoms with Crippen LogP contribution in [0.3, 0.4) is 0 Å². The predicted octanol–water partition coefficient (Wildman–Crippen LogP) is 3.01. The predicted molar refractivity (Wildman–Crippen MR) is 112 cm³/mol. The molecule has 29 heavy (non-hydrogen) atoms. The Morgan fingerprint density at radius 1 is 1.21 bits per heavy atom. The van der Waals surface area contributed by atoms with E-state index >= 15 is 0 Å². The van der Waals surface area contributed by atoms with Crippen LogP contribution in [0.25, 0.3) is 5.82 Å². The Bertz CT molecular complexity index is 958. The van der Waals surface area contributed by atoms with Gasteiger partial charge in [-0.3, -0.25) is 4.79 Å². The van der Waals surface area contributed by atoms with Gasteiger partial charge in [0.1, 0.15) is 17.4 Å². The van der Waals surface area contributed by atoms with Gasteiger partial charge in [0.25, 0.3) is 5.91 Å². The number of nitrogens with zero attached hydrogens (tertiary/aromatic N) is 4. The maximum atomic E-state index is 12.5. The van der Waals surface area contributed by atoms with E-state index in [1.54, 1.807) is 55.1 Å². The molecule has 1 aromatic carbocycles. The molecule has 2 aromatic heterocycles. The maximum absolute atomic E-state index is 12.5. The summed E-state index contributed by atoms with van der Waals surface area (Å²) < 4.78 is 7.45. The van der Waals surface area contributed by atoms with Crippen LogP contribution in [0.15, 0.2) is 48.8 Å². The first-order chi connectivity index (χ1) is 13.8. The lowest BCUT2D eigenvalue weighted by molar-refractivity contribution is -0.134. The summed E-state index contributed by atoms with van der Waals surface area (Å²) in [4.78, 5) is 21.2. The van der Waals surface area contributed by atoms with E-state index < -0.39 is 5.60 Å². The third-order valence-corrected chi connectivity index (χ3v) is 4.27. The largest absolute Gasteiger partial charge is 0.478 e. The third kappa shape index (κ3) is 5.68. The molecule has 0 aliphatic heterocycles. The summed E-state index contributed by atoms with van der Waals surface area (Å²) in [6.45, 7) is 6.16. The van der Waals surface area contributed by atoms with E-state index in [2.05, 4.69) is 25.7 Å². The van der Waals surface area contributed by atoms with Crippen LogP contribution in [0.2, 0.25) is 5.02 Å². The molecule has 0 aliphatic rings. The lowest BCUT2D eigenvalue weighted by atomic mass is 10.1. The van der Waals surface area contributed by atoms with Crippen molar-refractivity contribution in [1.29, 1.82) is 0 Å². The Labute approximate surface area is 174 Å². The Morgan fingerprint density at radius 2 is 1.97 bits per heavy atom. The second-order valence-corrected chi connectivity index (χ2v) is 7.29. The fourth-order valence-electron chi connectivity index (χ4n) is 2.59. The molecule has 0 atom stereocenters. The molecule has 0 unspecified atom stereocenters. The number of rotatable bonds is 8. The number of ether oxygens (including phenoxy) is 1. The van der Waals surface area contributed by atoms with E-state index in [0.29, 0.717) is 41.3 Å². The summed E-state index contributed by atoms with van der Waals surface area (Å²) in [7, 11) is 0. The zero-order valence-corrected chi connectivity index (χ0v) is 17.3. The molecule has 0 radical (unpaired) electrons. The van der Waals surface area contributed by atoms with Gasteiger partial charge in [0.2, 0.25) is 0 Å². The zero-order chi connectivity index (χ0) is 20.9. The van der Waals surface area contributed by atoms with E-state index in [0.717, 1.165) is 0 Å². The van der Waals surface area contributed by atoms with Crippen molar-refractivity contribution >= 4 is 23.3 Å². The average molecular weight is 415 g/mol. The number of carbonyl (C=O) groups is 1. The molecule has 152 valence electrons. The monoisotopic (exact) mass is 414 g/mol. The number of carbonyl (C=O) groups excluding carboxylic acids is 1. The van der Waals surface area contributed by atoms with Crippen LogP contribution in [0, 0.1) is 6.92 Å².